The molecule has 1 amide bonds. The van der Waals surface area contributed by atoms with Crippen molar-refractivity contribution in [1.82, 2.24) is 20.0 Å². The fourth-order valence-electron chi connectivity index (χ4n) is 1.41. The van der Waals surface area contributed by atoms with E-state index in [9.17, 15) is 9.59 Å². The minimum absolute atomic E-state index is 0.0709. The lowest BCUT2D eigenvalue weighted by Crippen LogP contribution is -2.16. The molecule has 2 aromatic heterocycles. The first kappa shape index (κ1) is 12.7. The van der Waals surface area contributed by atoms with Crippen molar-refractivity contribution in [2.45, 2.75) is 13.0 Å². The second-order valence-corrected chi connectivity index (χ2v) is 3.70. The van der Waals surface area contributed by atoms with Crippen molar-refractivity contribution in [3.63, 3.8) is 0 Å². The van der Waals surface area contributed by atoms with E-state index in [0.29, 0.717) is 6.54 Å². The second-order valence-electron chi connectivity index (χ2n) is 3.70. The van der Waals surface area contributed by atoms with Crippen LogP contribution in [0.1, 0.15) is 16.8 Å². The maximum absolute atomic E-state index is 11.6. The number of hydrogen-bond acceptors (Lipinski definition) is 5. The lowest BCUT2D eigenvalue weighted by Gasteiger charge is -2.04. The van der Waals surface area contributed by atoms with Gasteiger partial charge in [-0.05, 0) is 12.1 Å². The van der Waals surface area contributed by atoms with Crippen molar-refractivity contribution >= 4 is 17.7 Å². The van der Waals surface area contributed by atoms with Gasteiger partial charge in [0.2, 0.25) is 5.91 Å². The number of carboxylic acids is 1. The first-order valence-electron chi connectivity index (χ1n) is 5.48. The molecule has 19 heavy (non-hydrogen) atoms. The SMILES string of the molecule is O=C(CCn1ccnn1)Nc1cc(C(=O)O)ccn1. The monoisotopic (exact) mass is 261 g/mol. The summed E-state index contributed by atoms with van der Waals surface area (Å²) < 4.78 is 1.53. The molecular formula is C11H11N5O3. The number of nitrogens with zero attached hydrogens (tertiary/aromatic N) is 4. The van der Waals surface area contributed by atoms with Crippen molar-refractivity contribution in [2.75, 3.05) is 5.32 Å². The van der Waals surface area contributed by atoms with Crippen LogP contribution in [0.2, 0.25) is 0 Å². The van der Waals surface area contributed by atoms with Crippen LogP contribution >= 0.6 is 0 Å². The van der Waals surface area contributed by atoms with Crippen LogP contribution in [0.3, 0.4) is 0 Å². The van der Waals surface area contributed by atoms with Crippen LogP contribution in [0, 0.1) is 0 Å². The average Bonchev–Trinajstić information content (AvgIpc) is 2.90. The Bertz CT molecular complexity index is 582. The maximum Gasteiger partial charge on any atom is 0.335 e. The fourth-order valence-corrected chi connectivity index (χ4v) is 1.41. The zero-order valence-electron chi connectivity index (χ0n) is 9.85. The van der Waals surface area contributed by atoms with Crippen LogP contribution in [0.5, 0.6) is 0 Å². The van der Waals surface area contributed by atoms with Crippen LogP contribution in [0.4, 0.5) is 5.82 Å². The number of aryl methyl sites for hydroxylation is 1. The van der Waals surface area contributed by atoms with Crippen molar-refractivity contribution in [1.29, 1.82) is 0 Å². The molecule has 0 aliphatic carbocycles. The summed E-state index contributed by atoms with van der Waals surface area (Å²) in [6.45, 7) is 0.393. The Balaban J connectivity index is 1.91. The van der Waals surface area contributed by atoms with Gasteiger partial charge in [0.25, 0.3) is 0 Å². The smallest absolute Gasteiger partial charge is 0.335 e. The molecule has 2 N–H and O–H groups in total. The number of nitrogens with one attached hydrogen (secondary N) is 1. The van der Waals surface area contributed by atoms with Crippen LogP contribution in [-0.4, -0.2) is 37.0 Å². The number of amides is 1. The molecule has 0 aliphatic rings. The fraction of sp³-hybridized carbons (Fsp3) is 0.182. The van der Waals surface area contributed by atoms with Gasteiger partial charge < -0.3 is 10.4 Å². The van der Waals surface area contributed by atoms with E-state index in [4.69, 9.17) is 5.11 Å². The summed E-state index contributed by atoms with van der Waals surface area (Å²) in [7, 11) is 0. The molecule has 2 rings (SSSR count). The number of aromatic nitrogens is 4. The Hall–Kier alpha value is -2.77. The van der Waals surface area contributed by atoms with Crippen LogP contribution < -0.4 is 5.32 Å². The minimum atomic E-state index is -1.07. The third-order valence-corrected chi connectivity index (χ3v) is 2.31. The Morgan fingerprint density at radius 1 is 1.37 bits per heavy atom. The Morgan fingerprint density at radius 3 is 2.89 bits per heavy atom. The van der Waals surface area contributed by atoms with Crippen molar-refractivity contribution in [3.8, 4) is 0 Å². The van der Waals surface area contributed by atoms with Gasteiger partial charge in [-0.25, -0.2) is 9.78 Å². The van der Waals surface area contributed by atoms with Gasteiger partial charge in [-0.15, -0.1) is 5.10 Å². The van der Waals surface area contributed by atoms with Gasteiger partial charge in [0.05, 0.1) is 18.3 Å². The summed E-state index contributed by atoms with van der Waals surface area (Å²) >= 11 is 0. The molecular weight excluding hydrogens is 250 g/mol. The van der Waals surface area contributed by atoms with E-state index in [1.807, 2.05) is 0 Å². The number of carbonyl (C=O) groups is 2. The summed E-state index contributed by atoms with van der Waals surface area (Å²) in [5, 5.41) is 18.7. The van der Waals surface area contributed by atoms with E-state index < -0.39 is 5.97 Å². The van der Waals surface area contributed by atoms with E-state index >= 15 is 0 Å². The average molecular weight is 261 g/mol. The highest BCUT2D eigenvalue weighted by atomic mass is 16.4. The predicted octanol–water partition coefficient (Wildman–Crippen LogP) is 0.400. The number of pyridine rings is 1. The van der Waals surface area contributed by atoms with Gasteiger partial charge in [-0.1, -0.05) is 5.21 Å². The van der Waals surface area contributed by atoms with Gasteiger partial charge >= 0.3 is 5.97 Å². The van der Waals surface area contributed by atoms with Gasteiger partial charge in [0.15, 0.2) is 0 Å². The highest BCUT2D eigenvalue weighted by Gasteiger charge is 2.07. The molecule has 0 aromatic carbocycles. The molecule has 0 unspecified atom stereocenters. The topological polar surface area (TPSA) is 110 Å². The van der Waals surface area contributed by atoms with Crippen LogP contribution in [0.15, 0.2) is 30.7 Å². The van der Waals surface area contributed by atoms with E-state index in [2.05, 4.69) is 20.6 Å². The first-order valence-corrected chi connectivity index (χ1v) is 5.48. The summed E-state index contributed by atoms with van der Waals surface area (Å²) in [5.74, 6) is -1.13. The van der Waals surface area contributed by atoms with Gasteiger partial charge in [0.1, 0.15) is 5.82 Å². The van der Waals surface area contributed by atoms with Gasteiger partial charge in [0, 0.05) is 18.8 Å². The highest BCUT2D eigenvalue weighted by Crippen LogP contribution is 2.07. The number of carbonyl (C=O) groups excluding carboxylic acids is 1. The normalized spacial score (nSPS) is 10.1. The van der Waals surface area contributed by atoms with Crippen molar-refractivity contribution < 1.29 is 14.7 Å². The molecule has 0 spiro atoms. The quantitative estimate of drug-likeness (QED) is 0.806. The van der Waals surface area contributed by atoms with E-state index in [0.717, 1.165) is 0 Å². The molecule has 2 heterocycles. The van der Waals surface area contributed by atoms with Crippen LogP contribution in [-0.2, 0) is 11.3 Å². The first-order chi connectivity index (χ1) is 9.15. The summed E-state index contributed by atoms with van der Waals surface area (Å²) in [5.41, 5.74) is 0.0709. The van der Waals surface area contributed by atoms with Crippen molar-refractivity contribution in [3.05, 3.63) is 36.3 Å². The maximum atomic E-state index is 11.6. The molecule has 8 heteroatoms. The van der Waals surface area contributed by atoms with Crippen molar-refractivity contribution in [2.24, 2.45) is 0 Å². The molecule has 2 aromatic rings. The summed E-state index contributed by atoms with van der Waals surface area (Å²) in [4.78, 5) is 26.3. The number of anilines is 1. The number of rotatable bonds is 5. The van der Waals surface area contributed by atoms with E-state index in [1.165, 1.54) is 29.2 Å². The predicted molar refractivity (Wildman–Crippen MR) is 64.5 cm³/mol. The molecule has 8 nitrogen and oxygen atoms in total. The van der Waals surface area contributed by atoms with Crippen LogP contribution in [0.25, 0.3) is 0 Å². The lowest BCUT2D eigenvalue weighted by atomic mass is 10.2. The third-order valence-electron chi connectivity index (χ3n) is 2.31. The Kier molecular flexibility index (Phi) is 3.81. The number of carboxylic acid groups (broad SMARTS) is 1. The molecule has 0 saturated heterocycles. The molecule has 0 saturated carbocycles. The van der Waals surface area contributed by atoms with Gasteiger partial charge in [-0.3, -0.25) is 9.48 Å². The minimum Gasteiger partial charge on any atom is -0.478 e. The molecule has 0 aliphatic heterocycles. The highest BCUT2D eigenvalue weighted by molar-refractivity contribution is 5.92. The molecule has 98 valence electrons. The third kappa shape index (κ3) is 3.60. The molecule has 0 atom stereocenters. The largest absolute Gasteiger partial charge is 0.478 e. The molecule has 0 radical (unpaired) electrons. The van der Waals surface area contributed by atoms with E-state index in [-0.39, 0.29) is 23.7 Å². The zero-order chi connectivity index (χ0) is 13.7. The lowest BCUT2D eigenvalue weighted by molar-refractivity contribution is -0.116. The van der Waals surface area contributed by atoms with E-state index in [1.54, 1.807) is 6.20 Å². The zero-order valence-corrected chi connectivity index (χ0v) is 9.85. The second kappa shape index (κ2) is 5.71. The Labute approximate surface area is 108 Å². The van der Waals surface area contributed by atoms with Gasteiger partial charge in [-0.2, -0.15) is 0 Å². The summed E-state index contributed by atoms with van der Waals surface area (Å²) in [6.07, 6.45) is 4.70. The summed E-state index contributed by atoms with van der Waals surface area (Å²) in [6, 6.07) is 2.66. The molecule has 0 fully saturated rings. The molecule has 0 bridgehead atoms. The Morgan fingerprint density at radius 2 is 2.21 bits per heavy atom. The number of hydrogen-bond donors (Lipinski definition) is 2. The number of aromatic carboxylic acids is 1. The standard InChI is InChI=1S/C11H11N5O3/c17-10(2-5-16-6-4-13-15-16)14-9-7-8(11(18)19)1-3-12-9/h1,3-4,6-7H,2,5H2,(H,18,19)(H,12,14,17).